The van der Waals surface area contributed by atoms with Gasteiger partial charge in [-0.1, -0.05) is 5.16 Å². The van der Waals surface area contributed by atoms with Crippen LogP contribution in [0.2, 0.25) is 0 Å². The third kappa shape index (κ3) is 1.85. The number of aliphatic carboxylic acids is 1. The summed E-state index contributed by atoms with van der Waals surface area (Å²) in [5.74, 6) is -1.24. The van der Waals surface area contributed by atoms with Crippen LogP contribution in [0.15, 0.2) is 28.2 Å². The number of furan rings is 1. The van der Waals surface area contributed by atoms with Gasteiger partial charge in [0, 0.05) is 6.42 Å². The Hall–Kier alpha value is -1.78. The summed E-state index contributed by atoms with van der Waals surface area (Å²) in [5.41, 5.74) is 0.349. The van der Waals surface area contributed by atoms with Crippen LogP contribution in [0, 0.1) is 0 Å². The van der Waals surface area contributed by atoms with Gasteiger partial charge in [0.05, 0.1) is 12.5 Å². The van der Waals surface area contributed by atoms with Crippen LogP contribution in [0.3, 0.4) is 0 Å². The summed E-state index contributed by atoms with van der Waals surface area (Å²) in [6, 6.07) is 1.61. The maximum atomic E-state index is 10.3. The molecule has 0 saturated carbocycles. The zero-order chi connectivity index (χ0) is 8.97. The van der Waals surface area contributed by atoms with Crippen LogP contribution in [0.5, 0.6) is 0 Å². The smallest absolute Gasteiger partial charge is 0.354 e. The maximum Gasteiger partial charge on any atom is 0.354 e. The van der Waals surface area contributed by atoms with Crippen molar-refractivity contribution < 1.29 is 19.5 Å². The highest BCUT2D eigenvalue weighted by molar-refractivity contribution is 6.35. The number of carboxylic acids is 1. The van der Waals surface area contributed by atoms with E-state index in [9.17, 15) is 4.79 Å². The number of nitrogens with zero attached hydrogens (tertiary/aromatic N) is 1. The highest BCUT2D eigenvalue weighted by atomic mass is 16.4. The van der Waals surface area contributed by atoms with E-state index >= 15 is 0 Å². The average molecular weight is 169 g/mol. The Bertz CT molecular complexity index is 288. The Morgan fingerprint density at radius 3 is 2.83 bits per heavy atom. The van der Waals surface area contributed by atoms with Gasteiger partial charge in [-0.05, 0) is 11.6 Å². The number of hydrogen-bond donors (Lipinski definition) is 2. The van der Waals surface area contributed by atoms with Gasteiger partial charge in [0.25, 0.3) is 0 Å². The zero-order valence-electron chi connectivity index (χ0n) is 6.10. The fraction of sp³-hybridized carbons (Fsp3) is 0.143. The predicted molar refractivity (Wildman–Crippen MR) is 39.3 cm³/mol. The van der Waals surface area contributed by atoms with Crippen molar-refractivity contribution in [1.29, 1.82) is 0 Å². The highest BCUT2D eigenvalue weighted by Gasteiger charge is 2.11. The Balaban J connectivity index is 2.68. The summed E-state index contributed by atoms with van der Waals surface area (Å²) < 4.78 is 4.71. The van der Waals surface area contributed by atoms with E-state index in [1.165, 1.54) is 12.5 Å². The van der Waals surface area contributed by atoms with Crippen molar-refractivity contribution in [2.75, 3.05) is 0 Å². The third-order valence-electron chi connectivity index (χ3n) is 1.32. The predicted octanol–water partition coefficient (Wildman–Crippen LogP) is 0.737. The lowest BCUT2D eigenvalue weighted by Crippen LogP contribution is -2.15. The molecule has 0 spiro atoms. The van der Waals surface area contributed by atoms with Crippen molar-refractivity contribution in [2.45, 2.75) is 6.42 Å². The fourth-order valence-electron chi connectivity index (χ4n) is 0.740. The van der Waals surface area contributed by atoms with E-state index < -0.39 is 5.97 Å². The molecule has 0 radical (unpaired) electrons. The van der Waals surface area contributed by atoms with Gasteiger partial charge >= 0.3 is 5.97 Å². The van der Waals surface area contributed by atoms with Gasteiger partial charge in [0.15, 0.2) is 5.71 Å². The van der Waals surface area contributed by atoms with Crippen LogP contribution < -0.4 is 0 Å². The molecule has 5 heteroatoms. The number of oxime groups is 1. The SMILES string of the molecule is O=C(O)/C(Cc1ccoc1)=N\O. The molecule has 0 aliphatic rings. The first-order valence-corrected chi connectivity index (χ1v) is 3.19. The Morgan fingerprint density at radius 1 is 1.67 bits per heavy atom. The molecule has 0 saturated heterocycles. The summed E-state index contributed by atoms with van der Waals surface area (Å²) in [7, 11) is 0. The number of carbonyl (C=O) groups is 1. The molecule has 0 fully saturated rings. The number of rotatable bonds is 3. The molecule has 0 aliphatic heterocycles. The summed E-state index contributed by atoms with van der Waals surface area (Å²) in [4.78, 5) is 10.3. The summed E-state index contributed by atoms with van der Waals surface area (Å²) in [6.45, 7) is 0. The first-order chi connectivity index (χ1) is 5.74. The van der Waals surface area contributed by atoms with E-state index in [0.29, 0.717) is 5.56 Å². The standard InChI is InChI=1S/C7H7NO4/c9-7(10)6(8-11)3-5-1-2-12-4-5/h1-2,4,11H,3H2,(H,9,10)/b8-6-. The van der Waals surface area contributed by atoms with Crippen molar-refractivity contribution in [3.63, 3.8) is 0 Å². The summed E-state index contributed by atoms with van der Waals surface area (Å²) >= 11 is 0. The van der Waals surface area contributed by atoms with Crippen LogP contribution >= 0.6 is 0 Å². The largest absolute Gasteiger partial charge is 0.477 e. The van der Waals surface area contributed by atoms with Crippen molar-refractivity contribution in [3.8, 4) is 0 Å². The van der Waals surface area contributed by atoms with Crippen molar-refractivity contribution in [2.24, 2.45) is 5.16 Å². The second-order valence-corrected chi connectivity index (χ2v) is 2.16. The summed E-state index contributed by atoms with van der Waals surface area (Å²) in [5, 5.41) is 19.4. The Labute approximate surface area is 67.9 Å². The number of carboxylic acid groups (broad SMARTS) is 1. The quantitative estimate of drug-likeness (QED) is 0.397. The minimum atomic E-state index is -1.24. The average Bonchev–Trinajstić information content (AvgIpc) is 2.51. The maximum absolute atomic E-state index is 10.3. The van der Waals surface area contributed by atoms with Gasteiger partial charge in [-0.2, -0.15) is 0 Å². The third-order valence-corrected chi connectivity index (χ3v) is 1.32. The molecule has 1 heterocycles. The zero-order valence-corrected chi connectivity index (χ0v) is 6.10. The van der Waals surface area contributed by atoms with Gasteiger partial charge in [-0.25, -0.2) is 4.79 Å². The molecule has 0 unspecified atom stereocenters. The lowest BCUT2D eigenvalue weighted by atomic mass is 10.2. The molecular formula is C7H7NO4. The molecule has 12 heavy (non-hydrogen) atoms. The molecular weight excluding hydrogens is 162 g/mol. The molecule has 2 N–H and O–H groups in total. The molecule has 64 valence electrons. The molecule has 5 nitrogen and oxygen atoms in total. The molecule has 0 bridgehead atoms. The first-order valence-electron chi connectivity index (χ1n) is 3.19. The van der Waals surface area contributed by atoms with E-state index in [2.05, 4.69) is 5.16 Å². The van der Waals surface area contributed by atoms with Crippen molar-refractivity contribution >= 4 is 11.7 Å². The van der Waals surface area contributed by atoms with Crippen LogP contribution in [0.25, 0.3) is 0 Å². The van der Waals surface area contributed by atoms with Crippen molar-refractivity contribution in [1.82, 2.24) is 0 Å². The molecule has 0 amide bonds. The van der Waals surface area contributed by atoms with Gasteiger partial charge in [-0.3, -0.25) is 0 Å². The fourth-order valence-corrected chi connectivity index (χ4v) is 0.740. The second kappa shape index (κ2) is 3.56. The minimum absolute atomic E-state index is 0.0579. The van der Waals surface area contributed by atoms with E-state index in [0.717, 1.165) is 0 Å². The lowest BCUT2D eigenvalue weighted by molar-refractivity contribution is -0.129. The van der Waals surface area contributed by atoms with E-state index in [-0.39, 0.29) is 12.1 Å². The molecule has 1 aromatic rings. The van der Waals surface area contributed by atoms with Crippen molar-refractivity contribution in [3.05, 3.63) is 24.2 Å². The van der Waals surface area contributed by atoms with E-state index in [1.54, 1.807) is 6.07 Å². The molecule has 1 aromatic heterocycles. The van der Waals surface area contributed by atoms with Gasteiger partial charge in [0.1, 0.15) is 0 Å². The lowest BCUT2D eigenvalue weighted by Gasteiger charge is -1.93. The monoisotopic (exact) mass is 169 g/mol. The topological polar surface area (TPSA) is 83.0 Å². The number of hydrogen-bond acceptors (Lipinski definition) is 4. The molecule has 0 aliphatic carbocycles. The minimum Gasteiger partial charge on any atom is -0.477 e. The van der Waals surface area contributed by atoms with E-state index in [4.69, 9.17) is 14.7 Å². The highest BCUT2D eigenvalue weighted by Crippen LogP contribution is 2.02. The van der Waals surface area contributed by atoms with Crippen LogP contribution in [0.4, 0.5) is 0 Å². The summed E-state index contributed by atoms with van der Waals surface area (Å²) in [6.07, 6.45) is 2.88. The van der Waals surface area contributed by atoms with E-state index in [1.807, 2.05) is 0 Å². The van der Waals surface area contributed by atoms with Gasteiger partial charge in [0.2, 0.25) is 0 Å². The second-order valence-electron chi connectivity index (χ2n) is 2.16. The normalized spacial score (nSPS) is 11.5. The molecule has 0 atom stereocenters. The van der Waals surface area contributed by atoms with Crippen LogP contribution in [-0.2, 0) is 11.2 Å². The molecule has 0 aromatic carbocycles. The Kier molecular flexibility index (Phi) is 2.47. The van der Waals surface area contributed by atoms with Crippen LogP contribution in [0.1, 0.15) is 5.56 Å². The Morgan fingerprint density at radius 2 is 2.42 bits per heavy atom. The first kappa shape index (κ1) is 8.32. The van der Waals surface area contributed by atoms with Crippen LogP contribution in [-0.4, -0.2) is 22.0 Å². The molecule has 1 rings (SSSR count). The van der Waals surface area contributed by atoms with Gasteiger partial charge < -0.3 is 14.7 Å². The van der Waals surface area contributed by atoms with Gasteiger partial charge in [-0.15, -0.1) is 0 Å².